The third kappa shape index (κ3) is 3.42. The van der Waals surface area contributed by atoms with Gasteiger partial charge in [-0.25, -0.2) is 4.79 Å². The summed E-state index contributed by atoms with van der Waals surface area (Å²) in [7, 11) is 3.08. The van der Waals surface area contributed by atoms with Gasteiger partial charge in [-0.1, -0.05) is 43.3 Å². The van der Waals surface area contributed by atoms with Gasteiger partial charge in [0.2, 0.25) is 0 Å². The summed E-state index contributed by atoms with van der Waals surface area (Å²) in [5.41, 5.74) is 4.04. The van der Waals surface area contributed by atoms with Crippen LogP contribution in [0.5, 0.6) is 0 Å². The van der Waals surface area contributed by atoms with Gasteiger partial charge in [0.15, 0.2) is 0 Å². The van der Waals surface area contributed by atoms with E-state index in [1.165, 1.54) is 23.2 Å². The Morgan fingerprint density at radius 1 is 1.09 bits per heavy atom. The van der Waals surface area contributed by atoms with E-state index < -0.39 is 22.3 Å². The summed E-state index contributed by atoms with van der Waals surface area (Å²) in [6, 6.07) is 13.1. The fourth-order valence-electron chi connectivity index (χ4n) is 5.02. The van der Waals surface area contributed by atoms with E-state index in [9.17, 15) is 19.7 Å². The van der Waals surface area contributed by atoms with Gasteiger partial charge in [-0.05, 0) is 24.5 Å². The molecule has 2 aromatic carbocycles. The lowest BCUT2D eigenvalue weighted by atomic mass is 10.0. The van der Waals surface area contributed by atoms with Crippen molar-refractivity contribution < 1.29 is 9.66 Å². The minimum atomic E-state index is -0.496. The van der Waals surface area contributed by atoms with E-state index in [2.05, 4.69) is 6.92 Å². The first-order valence-corrected chi connectivity index (χ1v) is 11.5. The lowest BCUT2D eigenvalue weighted by molar-refractivity contribution is -0.385. The molecule has 180 valence electrons. The van der Waals surface area contributed by atoms with Crippen molar-refractivity contribution in [2.24, 2.45) is 14.1 Å². The SMILES string of the molecule is CCc1ccc(C2OCCn3c(-c4ccc(C)c([N+](=O)[O-])c4)c4c(=O)n(C)c(=O)n(C)c4c32)cc1. The molecular formula is C26H26N4O5. The largest absolute Gasteiger partial charge is 0.365 e. The maximum atomic E-state index is 13.5. The molecule has 1 aliphatic rings. The first kappa shape index (κ1) is 22.8. The molecule has 1 atom stereocenters. The summed E-state index contributed by atoms with van der Waals surface area (Å²) in [6.45, 7) is 4.61. The van der Waals surface area contributed by atoms with E-state index in [0.717, 1.165) is 16.6 Å². The van der Waals surface area contributed by atoms with Crippen molar-refractivity contribution >= 4 is 16.6 Å². The second-order valence-electron chi connectivity index (χ2n) is 8.92. The van der Waals surface area contributed by atoms with Gasteiger partial charge in [0.05, 0.1) is 33.8 Å². The van der Waals surface area contributed by atoms with Crippen LogP contribution in [0.4, 0.5) is 5.69 Å². The topological polar surface area (TPSA) is 101 Å². The van der Waals surface area contributed by atoms with Gasteiger partial charge in [-0.2, -0.15) is 0 Å². The smallest absolute Gasteiger partial charge is 0.331 e. The number of hydrogen-bond donors (Lipinski definition) is 0. The van der Waals surface area contributed by atoms with Gasteiger partial charge in [0, 0.05) is 37.8 Å². The van der Waals surface area contributed by atoms with Crippen molar-refractivity contribution in [2.75, 3.05) is 6.61 Å². The second kappa shape index (κ2) is 8.35. The van der Waals surface area contributed by atoms with Crippen LogP contribution in [-0.2, 0) is 31.8 Å². The van der Waals surface area contributed by atoms with Crippen molar-refractivity contribution in [2.45, 2.75) is 32.9 Å². The number of nitro groups is 1. The average molecular weight is 475 g/mol. The van der Waals surface area contributed by atoms with E-state index in [-0.39, 0.29) is 5.69 Å². The average Bonchev–Trinajstić information content (AvgIpc) is 3.22. The van der Waals surface area contributed by atoms with E-state index in [4.69, 9.17) is 4.74 Å². The van der Waals surface area contributed by atoms with E-state index in [0.29, 0.717) is 46.6 Å². The highest BCUT2D eigenvalue weighted by molar-refractivity contribution is 5.97. The van der Waals surface area contributed by atoms with Crippen LogP contribution in [0.1, 0.15) is 35.4 Å². The van der Waals surface area contributed by atoms with Crippen LogP contribution in [0.25, 0.3) is 22.2 Å². The van der Waals surface area contributed by atoms with E-state index >= 15 is 0 Å². The molecule has 0 amide bonds. The first-order valence-electron chi connectivity index (χ1n) is 11.5. The van der Waals surface area contributed by atoms with Crippen molar-refractivity contribution in [3.05, 3.63) is 95.8 Å². The molecule has 0 fully saturated rings. The van der Waals surface area contributed by atoms with Gasteiger partial charge in [0.25, 0.3) is 11.2 Å². The van der Waals surface area contributed by atoms with Crippen LogP contribution < -0.4 is 11.2 Å². The number of aromatic nitrogens is 3. The van der Waals surface area contributed by atoms with Gasteiger partial charge >= 0.3 is 5.69 Å². The summed E-state index contributed by atoms with van der Waals surface area (Å²) in [5, 5.41) is 12.0. The van der Waals surface area contributed by atoms with Gasteiger partial charge < -0.3 is 9.30 Å². The van der Waals surface area contributed by atoms with Crippen LogP contribution in [0.2, 0.25) is 0 Å². The normalized spacial score (nSPS) is 15.4. The Kier molecular flexibility index (Phi) is 5.44. The summed E-state index contributed by atoms with van der Waals surface area (Å²) < 4.78 is 10.7. The highest BCUT2D eigenvalue weighted by Gasteiger charge is 2.33. The van der Waals surface area contributed by atoms with Gasteiger partial charge in [-0.15, -0.1) is 0 Å². The molecule has 9 heteroatoms. The number of hydrogen-bond acceptors (Lipinski definition) is 5. The molecule has 2 aromatic heterocycles. The number of rotatable bonds is 4. The van der Waals surface area contributed by atoms with Crippen LogP contribution >= 0.6 is 0 Å². The molecule has 0 N–H and O–H groups in total. The molecule has 1 unspecified atom stereocenters. The maximum absolute atomic E-state index is 13.5. The Bertz CT molecular complexity index is 1610. The molecule has 0 saturated heterocycles. The predicted octanol–water partition coefficient (Wildman–Crippen LogP) is 3.60. The van der Waals surface area contributed by atoms with Crippen molar-refractivity contribution in [3.63, 3.8) is 0 Å². The highest BCUT2D eigenvalue weighted by atomic mass is 16.6. The van der Waals surface area contributed by atoms with Crippen LogP contribution in [-0.4, -0.2) is 25.2 Å². The Morgan fingerprint density at radius 3 is 2.46 bits per heavy atom. The monoisotopic (exact) mass is 474 g/mol. The number of fused-ring (bicyclic) bond motifs is 3. The molecule has 0 radical (unpaired) electrons. The molecule has 0 bridgehead atoms. The summed E-state index contributed by atoms with van der Waals surface area (Å²) in [6.07, 6.45) is 0.412. The Hall–Kier alpha value is -3.98. The first-order chi connectivity index (χ1) is 16.7. The summed E-state index contributed by atoms with van der Waals surface area (Å²) in [4.78, 5) is 37.7. The van der Waals surface area contributed by atoms with Crippen molar-refractivity contribution in [1.82, 2.24) is 13.7 Å². The lowest BCUT2D eigenvalue weighted by Crippen LogP contribution is -2.37. The van der Waals surface area contributed by atoms with Gasteiger partial charge in [0.1, 0.15) is 6.10 Å². The molecular weight excluding hydrogens is 448 g/mol. The Labute approximate surface area is 201 Å². The Balaban J connectivity index is 1.90. The number of nitro benzene ring substituents is 1. The van der Waals surface area contributed by atoms with Gasteiger partial charge in [-0.3, -0.25) is 24.0 Å². The summed E-state index contributed by atoms with van der Waals surface area (Å²) >= 11 is 0. The van der Waals surface area contributed by atoms with E-state index in [1.807, 2.05) is 28.8 Å². The minimum Gasteiger partial charge on any atom is -0.365 e. The molecule has 5 rings (SSSR count). The predicted molar refractivity (Wildman–Crippen MR) is 133 cm³/mol. The van der Waals surface area contributed by atoms with Crippen molar-refractivity contribution in [1.29, 1.82) is 0 Å². The van der Waals surface area contributed by atoms with Crippen LogP contribution in [0.3, 0.4) is 0 Å². The Morgan fingerprint density at radius 2 is 1.80 bits per heavy atom. The molecule has 9 nitrogen and oxygen atoms in total. The van der Waals surface area contributed by atoms with Crippen LogP contribution in [0, 0.1) is 17.0 Å². The summed E-state index contributed by atoms with van der Waals surface area (Å²) in [5.74, 6) is 0. The minimum absolute atomic E-state index is 0.0217. The number of aryl methyl sites for hydroxylation is 3. The standard InChI is InChI=1S/C26H26N4O5/c1-5-16-7-10-17(11-8-16)24-23-22-20(25(31)28(4)26(32)27(22)3)21(29(23)12-13-35-24)18-9-6-15(2)19(14-18)30(33)34/h6-11,14,24H,5,12-13H2,1-4H3. The maximum Gasteiger partial charge on any atom is 0.331 e. The number of benzene rings is 2. The van der Waals surface area contributed by atoms with Crippen LogP contribution in [0.15, 0.2) is 52.1 Å². The number of nitrogens with zero attached hydrogens (tertiary/aromatic N) is 4. The molecule has 0 aliphatic carbocycles. The van der Waals surface area contributed by atoms with Crippen molar-refractivity contribution in [3.8, 4) is 11.3 Å². The number of ether oxygens (including phenoxy) is 1. The molecule has 0 spiro atoms. The molecule has 4 aromatic rings. The second-order valence-corrected chi connectivity index (χ2v) is 8.92. The third-order valence-corrected chi connectivity index (χ3v) is 6.92. The molecule has 0 saturated carbocycles. The fraction of sp³-hybridized carbons (Fsp3) is 0.308. The van der Waals surface area contributed by atoms with E-state index in [1.54, 1.807) is 26.1 Å². The zero-order valence-corrected chi connectivity index (χ0v) is 20.1. The zero-order chi connectivity index (χ0) is 25.0. The highest BCUT2D eigenvalue weighted by Crippen LogP contribution is 2.41. The zero-order valence-electron chi connectivity index (χ0n) is 20.1. The molecule has 35 heavy (non-hydrogen) atoms. The third-order valence-electron chi connectivity index (χ3n) is 6.92. The fourth-order valence-corrected chi connectivity index (χ4v) is 5.02. The lowest BCUT2D eigenvalue weighted by Gasteiger charge is -2.28. The molecule has 3 heterocycles. The molecule has 1 aliphatic heterocycles. The quantitative estimate of drug-likeness (QED) is 0.332.